The summed E-state index contributed by atoms with van der Waals surface area (Å²) in [6.45, 7) is 1.83. The van der Waals surface area contributed by atoms with E-state index >= 15 is 0 Å². The quantitative estimate of drug-likeness (QED) is 0.503. The minimum absolute atomic E-state index is 0.0366. The van der Waals surface area contributed by atoms with E-state index in [0.29, 0.717) is 13.1 Å². The molecule has 0 aromatic rings. The topological polar surface area (TPSA) is 84.2 Å². The van der Waals surface area contributed by atoms with Gasteiger partial charge in [0, 0.05) is 25.2 Å². The van der Waals surface area contributed by atoms with Gasteiger partial charge >= 0.3 is 0 Å². The van der Waals surface area contributed by atoms with Crippen molar-refractivity contribution in [2.75, 3.05) is 25.9 Å². The second kappa shape index (κ2) is 4.57. The summed E-state index contributed by atoms with van der Waals surface area (Å²) in [7, 11) is -3.05. The summed E-state index contributed by atoms with van der Waals surface area (Å²) in [5.41, 5.74) is 5.93. The fourth-order valence-corrected chi connectivity index (χ4v) is 1.94. The standard InChI is InChI=1S/C8H19N3O2S/c1-14(12,13)11-6-5-10-7-8(9)3-2-4-8/h10-11H,2-7,9H2,1H3. The Bertz CT molecular complexity index is 272. The molecular weight excluding hydrogens is 202 g/mol. The van der Waals surface area contributed by atoms with Gasteiger partial charge in [0.2, 0.25) is 10.0 Å². The Morgan fingerprint density at radius 1 is 1.36 bits per heavy atom. The van der Waals surface area contributed by atoms with Crippen molar-refractivity contribution < 1.29 is 8.42 Å². The van der Waals surface area contributed by atoms with E-state index in [1.165, 1.54) is 6.42 Å². The number of hydrogen-bond acceptors (Lipinski definition) is 4. The third kappa shape index (κ3) is 4.36. The second-order valence-electron chi connectivity index (χ2n) is 4.06. The molecule has 0 atom stereocenters. The Balaban J connectivity index is 2.00. The summed E-state index contributed by atoms with van der Waals surface area (Å²) in [5, 5.41) is 3.15. The molecule has 0 aliphatic heterocycles. The maximum absolute atomic E-state index is 10.7. The van der Waals surface area contributed by atoms with Gasteiger partial charge in [-0.3, -0.25) is 0 Å². The molecule has 6 heteroatoms. The summed E-state index contributed by atoms with van der Waals surface area (Å²) >= 11 is 0. The molecule has 84 valence electrons. The molecule has 1 rings (SSSR count). The molecule has 0 unspecified atom stereocenters. The van der Waals surface area contributed by atoms with Gasteiger partial charge in [-0.2, -0.15) is 0 Å². The Labute approximate surface area is 85.5 Å². The molecule has 1 aliphatic rings. The van der Waals surface area contributed by atoms with Crippen molar-refractivity contribution in [3.63, 3.8) is 0 Å². The maximum Gasteiger partial charge on any atom is 0.208 e. The number of sulfonamides is 1. The largest absolute Gasteiger partial charge is 0.324 e. The summed E-state index contributed by atoms with van der Waals surface area (Å²) in [6, 6.07) is 0. The number of nitrogens with two attached hydrogens (primary N) is 1. The molecule has 1 saturated carbocycles. The van der Waals surface area contributed by atoms with Crippen molar-refractivity contribution in [1.82, 2.24) is 10.0 Å². The van der Waals surface area contributed by atoms with Gasteiger partial charge in [0.25, 0.3) is 0 Å². The van der Waals surface area contributed by atoms with E-state index in [0.717, 1.165) is 25.6 Å². The third-order valence-corrected chi connectivity index (χ3v) is 3.22. The molecule has 0 spiro atoms. The fourth-order valence-electron chi connectivity index (χ4n) is 1.47. The van der Waals surface area contributed by atoms with Crippen molar-refractivity contribution in [3.8, 4) is 0 Å². The molecule has 0 amide bonds. The smallest absolute Gasteiger partial charge is 0.208 e. The fraction of sp³-hybridized carbons (Fsp3) is 1.00. The first-order valence-electron chi connectivity index (χ1n) is 4.86. The van der Waals surface area contributed by atoms with Crippen LogP contribution in [0.15, 0.2) is 0 Å². The molecule has 0 saturated heterocycles. The molecule has 1 fully saturated rings. The normalized spacial score (nSPS) is 20.4. The number of rotatable bonds is 6. The highest BCUT2D eigenvalue weighted by Crippen LogP contribution is 2.27. The Hall–Kier alpha value is -0.170. The highest BCUT2D eigenvalue weighted by atomic mass is 32.2. The molecule has 4 N–H and O–H groups in total. The molecule has 14 heavy (non-hydrogen) atoms. The summed E-state index contributed by atoms with van der Waals surface area (Å²) in [4.78, 5) is 0. The van der Waals surface area contributed by atoms with Gasteiger partial charge in [-0.1, -0.05) is 0 Å². The van der Waals surface area contributed by atoms with Crippen molar-refractivity contribution in [3.05, 3.63) is 0 Å². The lowest BCUT2D eigenvalue weighted by Gasteiger charge is -2.38. The molecule has 0 heterocycles. The van der Waals surface area contributed by atoms with Crippen LogP contribution >= 0.6 is 0 Å². The minimum atomic E-state index is -3.05. The van der Waals surface area contributed by atoms with Crippen molar-refractivity contribution in [2.24, 2.45) is 5.73 Å². The van der Waals surface area contributed by atoms with E-state index in [4.69, 9.17) is 5.73 Å². The van der Waals surface area contributed by atoms with Crippen molar-refractivity contribution in [2.45, 2.75) is 24.8 Å². The van der Waals surface area contributed by atoms with E-state index < -0.39 is 10.0 Å². The predicted octanol–water partition coefficient (Wildman–Crippen LogP) is -0.993. The Morgan fingerprint density at radius 2 is 2.00 bits per heavy atom. The van der Waals surface area contributed by atoms with Crippen LogP contribution in [0.3, 0.4) is 0 Å². The van der Waals surface area contributed by atoms with Gasteiger partial charge < -0.3 is 11.1 Å². The molecule has 0 aromatic heterocycles. The van der Waals surface area contributed by atoms with Crippen molar-refractivity contribution >= 4 is 10.0 Å². The summed E-state index contributed by atoms with van der Waals surface area (Å²) < 4.78 is 23.8. The first kappa shape index (κ1) is 11.9. The lowest BCUT2D eigenvalue weighted by molar-refractivity contribution is 0.240. The highest BCUT2D eigenvalue weighted by Gasteiger charge is 2.31. The van der Waals surface area contributed by atoms with Crippen LogP contribution in [0.5, 0.6) is 0 Å². The Morgan fingerprint density at radius 3 is 2.43 bits per heavy atom. The molecule has 5 nitrogen and oxygen atoms in total. The number of hydrogen-bond donors (Lipinski definition) is 3. The lowest BCUT2D eigenvalue weighted by Crippen LogP contribution is -2.54. The zero-order chi connectivity index (χ0) is 10.7. The van der Waals surface area contributed by atoms with E-state index in [1.54, 1.807) is 0 Å². The van der Waals surface area contributed by atoms with Gasteiger partial charge in [0.05, 0.1) is 6.26 Å². The van der Waals surface area contributed by atoms with Gasteiger partial charge in [0.1, 0.15) is 0 Å². The molecule has 1 aliphatic carbocycles. The maximum atomic E-state index is 10.7. The van der Waals surface area contributed by atoms with Crippen LogP contribution in [0.2, 0.25) is 0 Å². The third-order valence-electron chi connectivity index (χ3n) is 2.49. The van der Waals surface area contributed by atoms with Crippen LogP contribution in [0.1, 0.15) is 19.3 Å². The van der Waals surface area contributed by atoms with Gasteiger partial charge in [-0.15, -0.1) is 0 Å². The zero-order valence-corrected chi connectivity index (χ0v) is 9.36. The average molecular weight is 221 g/mol. The zero-order valence-electron chi connectivity index (χ0n) is 8.54. The van der Waals surface area contributed by atoms with Gasteiger partial charge in [-0.25, -0.2) is 13.1 Å². The molecular formula is C8H19N3O2S. The lowest BCUT2D eigenvalue weighted by atomic mass is 9.78. The SMILES string of the molecule is CS(=O)(=O)NCCNCC1(N)CCC1. The number of nitrogens with one attached hydrogen (secondary N) is 2. The van der Waals surface area contributed by atoms with Crippen LogP contribution in [-0.4, -0.2) is 39.8 Å². The predicted molar refractivity (Wildman–Crippen MR) is 56.5 cm³/mol. The van der Waals surface area contributed by atoms with Crippen LogP contribution in [0, 0.1) is 0 Å². The van der Waals surface area contributed by atoms with Crippen LogP contribution in [-0.2, 0) is 10.0 Å². The first-order chi connectivity index (χ1) is 6.41. The molecule has 0 bridgehead atoms. The van der Waals surface area contributed by atoms with E-state index in [1.807, 2.05) is 0 Å². The monoisotopic (exact) mass is 221 g/mol. The summed E-state index contributed by atoms with van der Waals surface area (Å²) in [6.07, 6.45) is 4.50. The van der Waals surface area contributed by atoms with Crippen LogP contribution in [0.25, 0.3) is 0 Å². The van der Waals surface area contributed by atoms with Gasteiger partial charge in [-0.05, 0) is 19.3 Å². The van der Waals surface area contributed by atoms with Crippen molar-refractivity contribution in [1.29, 1.82) is 0 Å². The van der Waals surface area contributed by atoms with E-state index in [2.05, 4.69) is 10.0 Å². The van der Waals surface area contributed by atoms with E-state index in [9.17, 15) is 8.42 Å². The first-order valence-corrected chi connectivity index (χ1v) is 6.75. The second-order valence-corrected chi connectivity index (χ2v) is 5.89. The molecule has 0 aromatic carbocycles. The average Bonchev–Trinajstić information content (AvgIpc) is 1.98. The minimum Gasteiger partial charge on any atom is -0.324 e. The summed E-state index contributed by atoms with van der Waals surface area (Å²) in [5.74, 6) is 0. The van der Waals surface area contributed by atoms with Crippen LogP contribution < -0.4 is 15.8 Å². The Kier molecular flexibility index (Phi) is 3.88. The molecule has 0 radical (unpaired) electrons. The highest BCUT2D eigenvalue weighted by molar-refractivity contribution is 7.88. The van der Waals surface area contributed by atoms with Crippen LogP contribution in [0.4, 0.5) is 0 Å². The van der Waals surface area contributed by atoms with Gasteiger partial charge in [0.15, 0.2) is 0 Å². The van der Waals surface area contributed by atoms with E-state index in [-0.39, 0.29) is 5.54 Å².